The van der Waals surface area contributed by atoms with Gasteiger partial charge in [-0.1, -0.05) is 13.3 Å². The summed E-state index contributed by atoms with van der Waals surface area (Å²) in [6.45, 7) is 10.7. The van der Waals surface area contributed by atoms with Gasteiger partial charge in [0.05, 0.1) is 24.9 Å². The summed E-state index contributed by atoms with van der Waals surface area (Å²) < 4.78 is 23.5. The van der Waals surface area contributed by atoms with Gasteiger partial charge in [0.15, 0.2) is 4.88 Å². The van der Waals surface area contributed by atoms with Gasteiger partial charge in [0, 0.05) is 4.78 Å². The number of carbonyl (C=O) groups is 1. The van der Waals surface area contributed by atoms with Crippen LogP contribution in [0.1, 0.15) is 57.1 Å². The lowest BCUT2D eigenvalue weighted by Crippen LogP contribution is -2.41. The second kappa shape index (κ2) is 6.83. The molecule has 1 saturated heterocycles. The fourth-order valence-corrected chi connectivity index (χ4v) is 3.12. The van der Waals surface area contributed by atoms with Crippen LogP contribution < -0.4 is 9.51 Å². The highest BCUT2D eigenvalue weighted by molar-refractivity contribution is 7.24. The summed E-state index contributed by atoms with van der Waals surface area (Å²) in [6.07, 6.45) is 1.96. The minimum absolute atomic E-state index is 0.399. The number of thiophene rings is 1. The molecule has 0 radical (unpaired) electrons. The van der Waals surface area contributed by atoms with Gasteiger partial charge < -0.3 is 18.8 Å². The van der Waals surface area contributed by atoms with Crippen LogP contribution in [0.2, 0.25) is 0 Å². The number of esters is 1. The number of hydrogen-bond acceptors (Lipinski definition) is 6. The fourth-order valence-electron chi connectivity index (χ4n) is 2.14. The quantitative estimate of drug-likeness (QED) is 0.453. The molecule has 128 valence electrons. The zero-order valence-corrected chi connectivity index (χ0v) is 15.5. The molecule has 1 aliphatic rings. The van der Waals surface area contributed by atoms with Crippen LogP contribution in [0.3, 0.4) is 0 Å². The van der Waals surface area contributed by atoms with Crippen molar-refractivity contribution < 1.29 is 23.6 Å². The number of carbonyl (C=O) groups excluding carboxylic acids is 1. The van der Waals surface area contributed by atoms with E-state index in [0.29, 0.717) is 17.2 Å². The third-order valence-electron chi connectivity index (χ3n) is 4.33. The van der Waals surface area contributed by atoms with Crippen molar-refractivity contribution in [3.05, 3.63) is 10.9 Å². The van der Waals surface area contributed by atoms with Crippen LogP contribution in [0.15, 0.2) is 6.07 Å². The van der Waals surface area contributed by atoms with Gasteiger partial charge in [-0.15, -0.1) is 11.3 Å². The highest BCUT2D eigenvalue weighted by Crippen LogP contribution is 2.38. The highest BCUT2D eigenvalue weighted by Gasteiger charge is 2.52. The number of ether oxygens (including phenoxy) is 2. The van der Waals surface area contributed by atoms with Crippen molar-refractivity contribution in [2.75, 3.05) is 13.7 Å². The number of methoxy groups -OCH3 is 1. The standard InChI is InChI=1S/C16H25BO5S/c1-7-8-9-20-11-10-12(23-13(11)14(18)19-6)17-21-15(2,3)16(4,5)22-17/h10H,7-9H2,1-6H3. The summed E-state index contributed by atoms with van der Waals surface area (Å²) in [5, 5.41) is 0. The van der Waals surface area contributed by atoms with Crippen LogP contribution in [-0.2, 0) is 14.0 Å². The van der Waals surface area contributed by atoms with Crippen LogP contribution in [0.4, 0.5) is 0 Å². The third-order valence-corrected chi connectivity index (χ3v) is 5.45. The van der Waals surface area contributed by atoms with E-state index in [1.165, 1.54) is 18.4 Å². The van der Waals surface area contributed by atoms with E-state index < -0.39 is 24.3 Å². The summed E-state index contributed by atoms with van der Waals surface area (Å²) in [6, 6.07) is 1.83. The molecule has 2 rings (SSSR count). The summed E-state index contributed by atoms with van der Waals surface area (Å²) in [7, 11) is 0.865. The molecule has 0 saturated carbocycles. The Bertz CT molecular complexity index is 551. The van der Waals surface area contributed by atoms with Crippen molar-refractivity contribution in [1.82, 2.24) is 0 Å². The van der Waals surface area contributed by atoms with E-state index in [0.717, 1.165) is 17.6 Å². The Labute approximate surface area is 142 Å². The maximum absolute atomic E-state index is 12.0. The van der Waals surface area contributed by atoms with Gasteiger partial charge in [-0.3, -0.25) is 0 Å². The number of rotatable bonds is 6. The third kappa shape index (κ3) is 3.73. The molecule has 1 aromatic heterocycles. The second-order valence-electron chi connectivity index (χ2n) is 6.62. The number of unbranched alkanes of at least 4 members (excludes halogenated alkanes) is 1. The van der Waals surface area contributed by atoms with Crippen molar-refractivity contribution in [3.63, 3.8) is 0 Å². The van der Waals surface area contributed by atoms with Crippen molar-refractivity contribution in [1.29, 1.82) is 0 Å². The van der Waals surface area contributed by atoms with E-state index >= 15 is 0 Å². The molecule has 7 heteroatoms. The smallest absolute Gasteiger partial charge is 0.492 e. The van der Waals surface area contributed by atoms with Crippen molar-refractivity contribution in [3.8, 4) is 5.75 Å². The molecule has 0 aromatic carbocycles. The van der Waals surface area contributed by atoms with E-state index in [1.807, 2.05) is 33.8 Å². The first-order valence-electron chi connectivity index (χ1n) is 7.92. The molecular formula is C16H25BO5S. The predicted molar refractivity (Wildman–Crippen MR) is 91.8 cm³/mol. The van der Waals surface area contributed by atoms with Crippen LogP contribution >= 0.6 is 11.3 Å². The van der Waals surface area contributed by atoms with Crippen molar-refractivity contribution in [2.24, 2.45) is 0 Å². The SMILES string of the molecule is CCCCOc1cc(B2OC(C)(C)C(C)(C)O2)sc1C(=O)OC. The molecule has 0 spiro atoms. The average Bonchev–Trinajstić information content (AvgIpc) is 2.98. The molecule has 5 nitrogen and oxygen atoms in total. The van der Waals surface area contributed by atoms with E-state index in [2.05, 4.69) is 6.92 Å². The molecule has 1 fully saturated rings. The highest BCUT2D eigenvalue weighted by atomic mass is 32.1. The summed E-state index contributed by atoms with van der Waals surface area (Å²) in [5.74, 6) is 0.143. The lowest BCUT2D eigenvalue weighted by Gasteiger charge is -2.32. The van der Waals surface area contributed by atoms with Gasteiger partial charge in [0.25, 0.3) is 0 Å². The predicted octanol–water partition coefficient (Wildman–Crippen LogP) is 3.01. The normalized spacial score (nSPS) is 19.0. The minimum Gasteiger partial charge on any atom is -0.492 e. The maximum Gasteiger partial charge on any atom is 0.505 e. The Morgan fingerprint density at radius 1 is 1.26 bits per heavy atom. The van der Waals surface area contributed by atoms with Crippen LogP contribution in [0.5, 0.6) is 5.75 Å². The first kappa shape index (κ1) is 18.3. The molecule has 0 unspecified atom stereocenters. The second-order valence-corrected chi connectivity index (χ2v) is 7.71. The average molecular weight is 340 g/mol. The Morgan fingerprint density at radius 2 is 1.87 bits per heavy atom. The fraction of sp³-hybridized carbons (Fsp3) is 0.688. The number of hydrogen-bond donors (Lipinski definition) is 0. The Balaban J connectivity index is 2.25. The summed E-state index contributed by atoms with van der Waals surface area (Å²) >= 11 is 1.30. The van der Waals surface area contributed by atoms with Gasteiger partial charge in [-0.25, -0.2) is 4.79 Å². The van der Waals surface area contributed by atoms with E-state index in [1.54, 1.807) is 0 Å². The minimum atomic E-state index is -0.503. The van der Waals surface area contributed by atoms with Gasteiger partial charge in [0.1, 0.15) is 5.75 Å². The van der Waals surface area contributed by atoms with E-state index in [-0.39, 0.29) is 0 Å². The molecule has 1 aromatic rings. The lowest BCUT2D eigenvalue weighted by atomic mass is 9.88. The molecule has 0 atom stereocenters. The Morgan fingerprint density at radius 3 is 2.39 bits per heavy atom. The monoisotopic (exact) mass is 340 g/mol. The zero-order chi connectivity index (χ0) is 17.3. The lowest BCUT2D eigenvalue weighted by molar-refractivity contribution is 0.00578. The van der Waals surface area contributed by atoms with E-state index in [4.69, 9.17) is 18.8 Å². The van der Waals surface area contributed by atoms with Gasteiger partial charge in [-0.05, 0) is 40.2 Å². The topological polar surface area (TPSA) is 54.0 Å². The van der Waals surface area contributed by atoms with Crippen LogP contribution in [0.25, 0.3) is 0 Å². The van der Waals surface area contributed by atoms with Crippen molar-refractivity contribution in [2.45, 2.75) is 58.7 Å². The molecule has 0 N–H and O–H groups in total. The molecule has 1 aliphatic heterocycles. The van der Waals surface area contributed by atoms with Crippen LogP contribution in [-0.4, -0.2) is 38.0 Å². The molecule has 0 bridgehead atoms. The first-order chi connectivity index (χ1) is 10.7. The summed E-state index contributed by atoms with van der Waals surface area (Å²) in [5.41, 5.74) is -0.841. The molecular weight excluding hydrogens is 315 g/mol. The maximum atomic E-state index is 12.0. The molecule has 23 heavy (non-hydrogen) atoms. The summed E-state index contributed by atoms with van der Waals surface area (Å²) in [4.78, 5) is 12.4. The first-order valence-corrected chi connectivity index (χ1v) is 8.74. The van der Waals surface area contributed by atoms with Crippen LogP contribution in [0, 0.1) is 0 Å². The largest absolute Gasteiger partial charge is 0.505 e. The Hall–Kier alpha value is -1.05. The van der Waals surface area contributed by atoms with Gasteiger partial charge >= 0.3 is 13.1 Å². The zero-order valence-electron chi connectivity index (χ0n) is 14.7. The van der Waals surface area contributed by atoms with Gasteiger partial charge in [-0.2, -0.15) is 0 Å². The van der Waals surface area contributed by atoms with Crippen molar-refractivity contribution >= 4 is 29.2 Å². The molecule has 0 amide bonds. The molecule has 0 aliphatic carbocycles. The van der Waals surface area contributed by atoms with E-state index in [9.17, 15) is 4.79 Å². The molecule has 2 heterocycles. The Kier molecular flexibility index (Phi) is 5.43. The van der Waals surface area contributed by atoms with Gasteiger partial charge in [0.2, 0.25) is 0 Å².